The average molecular weight is 329 g/mol. The van der Waals surface area contributed by atoms with Crippen LogP contribution in [0.5, 0.6) is 0 Å². The molecule has 0 saturated carbocycles. The van der Waals surface area contributed by atoms with Gasteiger partial charge in [0.15, 0.2) is 0 Å². The highest BCUT2D eigenvalue weighted by molar-refractivity contribution is 7.99. The van der Waals surface area contributed by atoms with Crippen molar-refractivity contribution in [3.8, 4) is 0 Å². The molecule has 3 nitrogen and oxygen atoms in total. The van der Waals surface area contributed by atoms with E-state index in [0.29, 0.717) is 37.8 Å². The van der Waals surface area contributed by atoms with Crippen LogP contribution in [-0.4, -0.2) is 42.9 Å². The highest BCUT2D eigenvalue weighted by Gasteiger charge is 2.21. The normalized spacial score (nSPS) is 17.7. The van der Waals surface area contributed by atoms with Crippen LogP contribution in [0, 0.1) is 17.6 Å². The van der Waals surface area contributed by atoms with Crippen molar-refractivity contribution in [1.29, 1.82) is 0 Å². The first-order chi connectivity index (χ1) is 10.6. The van der Waals surface area contributed by atoms with Crippen molar-refractivity contribution in [3.63, 3.8) is 0 Å². The van der Waals surface area contributed by atoms with E-state index in [0.717, 1.165) is 31.2 Å². The first-order valence-electron chi connectivity index (χ1n) is 7.53. The summed E-state index contributed by atoms with van der Waals surface area (Å²) < 4.78 is 31.9. The SMILES string of the molecule is CCN(C[C@H]1CCOC1)C(=O)CCSc1cc(F)ccc1F. The number of hydrogen-bond acceptors (Lipinski definition) is 3. The molecule has 22 heavy (non-hydrogen) atoms. The van der Waals surface area contributed by atoms with Crippen molar-refractivity contribution >= 4 is 17.7 Å². The lowest BCUT2D eigenvalue weighted by Crippen LogP contribution is -2.35. The van der Waals surface area contributed by atoms with Crippen LogP contribution < -0.4 is 0 Å². The highest BCUT2D eigenvalue weighted by Crippen LogP contribution is 2.23. The second-order valence-electron chi connectivity index (χ2n) is 5.34. The predicted octanol–water partition coefficient (Wildman–Crippen LogP) is 3.33. The summed E-state index contributed by atoms with van der Waals surface area (Å²) in [6.45, 7) is 4.81. The number of nitrogens with zero attached hydrogens (tertiary/aromatic N) is 1. The van der Waals surface area contributed by atoms with Gasteiger partial charge in [0, 0.05) is 42.7 Å². The van der Waals surface area contributed by atoms with E-state index < -0.39 is 11.6 Å². The molecule has 0 aliphatic carbocycles. The molecule has 0 aromatic heterocycles. The Bertz CT molecular complexity index is 507. The van der Waals surface area contributed by atoms with Gasteiger partial charge in [0.2, 0.25) is 5.91 Å². The number of benzene rings is 1. The van der Waals surface area contributed by atoms with Gasteiger partial charge in [-0.25, -0.2) is 8.78 Å². The standard InChI is InChI=1S/C16H21F2NO2S/c1-2-19(10-12-5-7-21-11-12)16(20)6-8-22-15-9-13(17)3-4-14(15)18/h3-4,9,12H,2,5-8,10-11H2,1H3/t12-/m1/s1. The van der Waals surface area contributed by atoms with E-state index in [-0.39, 0.29) is 10.8 Å². The molecule has 0 N–H and O–H groups in total. The third-order valence-electron chi connectivity index (χ3n) is 3.70. The number of thioether (sulfide) groups is 1. The Balaban J connectivity index is 1.79. The third kappa shape index (κ3) is 4.95. The number of carbonyl (C=O) groups is 1. The van der Waals surface area contributed by atoms with Gasteiger partial charge in [0.1, 0.15) is 11.6 Å². The zero-order chi connectivity index (χ0) is 15.9. The van der Waals surface area contributed by atoms with Crippen LogP contribution in [0.1, 0.15) is 19.8 Å². The molecule has 1 heterocycles. The summed E-state index contributed by atoms with van der Waals surface area (Å²) in [7, 11) is 0. The Kier molecular flexibility index (Phi) is 6.64. The molecule has 1 aromatic carbocycles. The van der Waals surface area contributed by atoms with Crippen LogP contribution in [0.25, 0.3) is 0 Å². The van der Waals surface area contributed by atoms with Crippen LogP contribution in [0.15, 0.2) is 23.1 Å². The first kappa shape index (κ1) is 17.2. The van der Waals surface area contributed by atoms with Crippen LogP contribution in [0.2, 0.25) is 0 Å². The second-order valence-corrected chi connectivity index (χ2v) is 6.47. The molecule has 1 fully saturated rings. The Morgan fingerprint density at radius 1 is 1.45 bits per heavy atom. The van der Waals surface area contributed by atoms with Crippen molar-refractivity contribution in [3.05, 3.63) is 29.8 Å². The lowest BCUT2D eigenvalue weighted by molar-refractivity contribution is -0.131. The Labute approximate surface area is 134 Å². The quantitative estimate of drug-likeness (QED) is 0.719. The largest absolute Gasteiger partial charge is 0.381 e. The maximum absolute atomic E-state index is 13.5. The fourth-order valence-corrected chi connectivity index (χ4v) is 3.34. The summed E-state index contributed by atoms with van der Waals surface area (Å²) in [5.41, 5.74) is 0. The number of rotatable bonds is 7. The van der Waals surface area contributed by atoms with Crippen molar-refractivity contribution in [2.24, 2.45) is 5.92 Å². The number of halogens is 2. The lowest BCUT2D eigenvalue weighted by Gasteiger charge is -2.23. The van der Waals surface area contributed by atoms with Crippen molar-refractivity contribution in [2.75, 3.05) is 32.1 Å². The summed E-state index contributed by atoms with van der Waals surface area (Å²) in [4.78, 5) is 14.3. The molecule has 122 valence electrons. The number of amides is 1. The summed E-state index contributed by atoms with van der Waals surface area (Å²) in [5, 5.41) is 0. The van der Waals surface area contributed by atoms with Gasteiger partial charge in [-0.15, -0.1) is 11.8 Å². The molecular weight excluding hydrogens is 308 g/mol. The topological polar surface area (TPSA) is 29.5 Å². The monoisotopic (exact) mass is 329 g/mol. The molecule has 0 bridgehead atoms. The summed E-state index contributed by atoms with van der Waals surface area (Å²) in [5.74, 6) is -0.00600. The summed E-state index contributed by atoms with van der Waals surface area (Å²) >= 11 is 1.17. The second kappa shape index (κ2) is 8.48. The summed E-state index contributed by atoms with van der Waals surface area (Å²) in [6, 6.07) is 3.36. The fraction of sp³-hybridized carbons (Fsp3) is 0.562. The molecule has 6 heteroatoms. The number of ether oxygens (including phenoxy) is 1. The zero-order valence-electron chi connectivity index (χ0n) is 12.7. The smallest absolute Gasteiger partial charge is 0.223 e. The molecule has 1 atom stereocenters. The van der Waals surface area contributed by atoms with Gasteiger partial charge in [0.25, 0.3) is 0 Å². The molecule has 1 saturated heterocycles. The van der Waals surface area contributed by atoms with Gasteiger partial charge in [-0.1, -0.05) is 0 Å². The minimum atomic E-state index is -0.466. The third-order valence-corrected chi connectivity index (χ3v) is 4.74. The molecule has 0 unspecified atom stereocenters. The van der Waals surface area contributed by atoms with Crippen LogP contribution >= 0.6 is 11.8 Å². The average Bonchev–Trinajstić information content (AvgIpc) is 3.01. The molecule has 1 aliphatic rings. The van der Waals surface area contributed by atoms with E-state index in [1.165, 1.54) is 11.8 Å². The maximum Gasteiger partial charge on any atom is 0.223 e. The molecule has 1 aliphatic heterocycles. The van der Waals surface area contributed by atoms with Gasteiger partial charge in [0.05, 0.1) is 6.61 Å². The molecular formula is C16H21F2NO2S. The van der Waals surface area contributed by atoms with Crippen LogP contribution in [0.4, 0.5) is 8.78 Å². The molecule has 0 radical (unpaired) electrons. The van der Waals surface area contributed by atoms with E-state index in [2.05, 4.69) is 0 Å². The minimum absolute atomic E-state index is 0.0544. The van der Waals surface area contributed by atoms with E-state index in [1.54, 1.807) is 0 Å². The Morgan fingerprint density at radius 2 is 2.27 bits per heavy atom. The van der Waals surface area contributed by atoms with E-state index in [4.69, 9.17) is 4.74 Å². The highest BCUT2D eigenvalue weighted by atomic mass is 32.2. The number of hydrogen-bond donors (Lipinski definition) is 0. The maximum atomic E-state index is 13.5. The zero-order valence-corrected chi connectivity index (χ0v) is 13.5. The molecule has 1 aromatic rings. The fourth-order valence-electron chi connectivity index (χ4n) is 2.44. The van der Waals surface area contributed by atoms with Crippen molar-refractivity contribution in [1.82, 2.24) is 4.90 Å². The van der Waals surface area contributed by atoms with Crippen LogP contribution in [0.3, 0.4) is 0 Å². The Morgan fingerprint density at radius 3 is 2.95 bits per heavy atom. The molecule has 1 amide bonds. The number of carbonyl (C=O) groups excluding carboxylic acids is 1. The molecule has 2 rings (SSSR count). The van der Waals surface area contributed by atoms with Crippen molar-refractivity contribution < 1.29 is 18.3 Å². The Hall–Kier alpha value is -1.14. The lowest BCUT2D eigenvalue weighted by atomic mass is 10.1. The van der Waals surface area contributed by atoms with Gasteiger partial charge in [-0.2, -0.15) is 0 Å². The first-order valence-corrected chi connectivity index (χ1v) is 8.52. The summed E-state index contributed by atoms with van der Waals surface area (Å²) in [6.07, 6.45) is 1.31. The molecule has 0 spiro atoms. The van der Waals surface area contributed by atoms with Gasteiger partial charge < -0.3 is 9.64 Å². The van der Waals surface area contributed by atoms with E-state index in [9.17, 15) is 13.6 Å². The van der Waals surface area contributed by atoms with Gasteiger partial charge in [-0.05, 0) is 31.5 Å². The van der Waals surface area contributed by atoms with Crippen LogP contribution in [-0.2, 0) is 9.53 Å². The minimum Gasteiger partial charge on any atom is -0.381 e. The van der Waals surface area contributed by atoms with E-state index >= 15 is 0 Å². The van der Waals surface area contributed by atoms with Crippen molar-refractivity contribution in [2.45, 2.75) is 24.7 Å². The van der Waals surface area contributed by atoms with Gasteiger partial charge >= 0.3 is 0 Å². The predicted molar refractivity (Wildman–Crippen MR) is 82.9 cm³/mol. The van der Waals surface area contributed by atoms with E-state index in [1.807, 2.05) is 11.8 Å². The van der Waals surface area contributed by atoms with Gasteiger partial charge in [-0.3, -0.25) is 4.79 Å².